The third-order valence-electron chi connectivity index (χ3n) is 2.10. The highest BCUT2D eigenvalue weighted by atomic mass is 32.2. The molecule has 0 aliphatic heterocycles. The molecule has 0 spiro atoms. The molecule has 5 nitrogen and oxygen atoms in total. The maximum absolute atomic E-state index is 7.43. The molecule has 0 saturated heterocycles. The van der Waals surface area contributed by atoms with E-state index in [0.29, 0.717) is 16.7 Å². The number of nitrogen functional groups attached to an aromatic ring is 1. The van der Waals surface area contributed by atoms with Gasteiger partial charge in [0.05, 0.1) is 5.69 Å². The minimum Gasteiger partial charge on any atom is -0.440 e. The van der Waals surface area contributed by atoms with Gasteiger partial charge in [-0.3, -0.25) is 10.4 Å². The Morgan fingerprint density at radius 2 is 2.41 bits per heavy atom. The minimum atomic E-state index is -0.0233. The molecule has 0 bridgehead atoms. The molecule has 0 amide bonds. The van der Waals surface area contributed by atoms with Gasteiger partial charge in [0.2, 0.25) is 0 Å². The van der Waals surface area contributed by atoms with Gasteiger partial charge >= 0.3 is 0 Å². The fourth-order valence-electron chi connectivity index (χ4n) is 1.34. The SMILES string of the molecule is Cc1coc(SCc2cccnc2C(=N)N)n1. The van der Waals surface area contributed by atoms with E-state index in [4.69, 9.17) is 15.6 Å². The Labute approximate surface area is 103 Å². The zero-order valence-corrected chi connectivity index (χ0v) is 10.1. The zero-order valence-electron chi connectivity index (χ0n) is 9.30. The summed E-state index contributed by atoms with van der Waals surface area (Å²) in [5.41, 5.74) is 7.73. The molecule has 0 radical (unpaired) electrons. The molecule has 0 aromatic carbocycles. The van der Waals surface area contributed by atoms with E-state index in [1.807, 2.05) is 19.1 Å². The predicted molar refractivity (Wildman–Crippen MR) is 66.1 cm³/mol. The maximum Gasteiger partial charge on any atom is 0.256 e. The van der Waals surface area contributed by atoms with Crippen LogP contribution < -0.4 is 5.73 Å². The molecule has 88 valence electrons. The lowest BCUT2D eigenvalue weighted by Crippen LogP contribution is -2.15. The number of nitrogens with two attached hydrogens (primary N) is 1. The molecule has 17 heavy (non-hydrogen) atoms. The molecule has 2 aromatic rings. The summed E-state index contributed by atoms with van der Waals surface area (Å²) in [5, 5.41) is 8.04. The van der Waals surface area contributed by atoms with Crippen LogP contribution in [-0.2, 0) is 5.75 Å². The Bertz CT molecular complexity index is 538. The molecule has 0 saturated carbocycles. The number of rotatable bonds is 4. The average Bonchev–Trinajstić information content (AvgIpc) is 2.73. The van der Waals surface area contributed by atoms with E-state index in [-0.39, 0.29) is 5.84 Å². The number of oxazole rings is 1. The van der Waals surface area contributed by atoms with Crippen LogP contribution in [0.3, 0.4) is 0 Å². The largest absolute Gasteiger partial charge is 0.440 e. The first-order valence-electron chi connectivity index (χ1n) is 5.00. The first-order valence-corrected chi connectivity index (χ1v) is 5.98. The summed E-state index contributed by atoms with van der Waals surface area (Å²) < 4.78 is 5.23. The van der Waals surface area contributed by atoms with Gasteiger partial charge in [-0.25, -0.2) is 4.98 Å². The van der Waals surface area contributed by atoms with Crippen molar-refractivity contribution in [2.75, 3.05) is 0 Å². The Kier molecular flexibility index (Phi) is 3.43. The van der Waals surface area contributed by atoms with Crippen molar-refractivity contribution >= 4 is 17.6 Å². The highest BCUT2D eigenvalue weighted by molar-refractivity contribution is 7.98. The number of hydrogen-bond acceptors (Lipinski definition) is 5. The first-order chi connectivity index (χ1) is 8.16. The highest BCUT2D eigenvalue weighted by Gasteiger charge is 2.08. The van der Waals surface area contributed by atoms with E-state index in [1.54, 1.807) is 12.5 Å². The van der Waals surface area contributed by atoms with Crippen molar-refractivity contribution in [2.45, 2.75) is 17.9 Å². The molecule has 0 unspecified atom stereocenters. The number of nitrogens with zero attached hydrogens (tertiary/aromatic N) is 2. The minimum absolute atomic E-state index is 0.0233. The van der Waals surface area contributed by atoms with Crippen molar-refractivity contribution in [3.05, 3.63) is 41.5 Å². The normalized spacial score (nSPS) is 10.4. The Morgan fingerprint density at radius 3 is 3.06 bits per heavy atom. The van der Waals surface area contributed by atoms with Gasteiger partial charge < -0.3 is 10.2 Å². The van der Waals surface area contributed by atoms with E-state index in [1.165, 1.54) is 11.8 Å². The lowest BCUT2D eigenvalue weighted by atomic mass is 10.2. The number of amidine groups is 1. The van der Waals surface area contributed by atoms with Crippen molar-refractivity contribution in [1.29, 1.82) is 5.41 Å². The lowest BCUT2D eigenvalue weighted by Gasteiger charge is -2.04. The molecule has 3 N–H and O–H groups in total. The molecule has 2 rings (SSSR count). The zero-order chi connectivity index (χ0) is 12.3. The van der Waals surface area contributed by atoms with Gasteiger partial charge in [0.15, 0.2) is 0 Å². The van der Waals surface area contributed by atoms with E-state index < -0.39 is 0 Å². The molecular weight excluding hydrogens is 236 g/mol. The maximum atomic E-state index is 7.43. The van der Waals surface area contributed by atoms with Crippen LogP contribution in [0.25, 0.3) is 0 Å². The topological polar surface area (TPSA) is 88.8 Å². The Hall–Kier alpha value is -1.82. The summed E-state index contributed by atoms with van der Waals surface area (Å²) in [4.78, 5) is 8.27. The van der Waals surface area contributed by atoms with Crippen LogP contribution in [0.2, 0.25) is 0 Å². The van der Waals surface area contributed by atoms with E-state index in [9.17, 15) is 0 Å². The summed E-state index contributed by atoms with van der Waals surface area (Å²) in [7, 11) is 0. The van der Waals surface area contributed by atoms with E-state index in [2.05, 4.69) is 9.97 Å². The monoisotopic (exact) mass is 248 g/mol. The second-order valence-corrected chi connectivity index (χ2v) is 4.39. The fraction of sp³-hybridized carbons (Fsp3) is 0.182. The summed E-state index contributed by atoms with van der Waals surface area (Å²) >= 11 is 1.46. The summed E-state index contributed by atoms with van der Waals surface area (Å²) in [5.74, 6) is 0.604. The van der Waals surface area contributed by atoms with Gasteiger partial charge in [-0.2, -0.15) is 0 Å². The average molecular weight is 248 g/mol. The van der Waals surface area contributed by atoms with Crippen LogP contribution >= 0.6 is 11.8 Å². The van der Waals surface area contributed by atoms with Crippen LogP contribution in [0.5, 0.6) is 0 Å². The molecule has 2 heterocycles. The van der Waals surface area contributed by atoms with Gasteiger partial charge in [-0.15, -0.1) is 0 Å². The fourth-order valence-corrected chi connectivity index (χ4v) is 2.17. The molecule has 6 heteroatoms. The number of nitrogens with one attached hydrogen (secondary N) is 1. The van der Waals surface area contributed by atoms with E-state index >= 15 is 0 Å². The third-order valence-corrected chi connectivity index (χ3v) is 2.99. The molecule has 0 aliphatic carbocycles. The third kappa shape index (κ3) is 2.85. The number of aromatic nitrogens is 2. The second-order valence-electron chi connectivity index (χ2n) is 3.47. The second kappa shape index (κ2) is 5.01. The molecular formula is C11H12N4OS. The van der Waals surface area contributed by atoms with Gasteiger partial charge in [-0.1, -0.05) is 17.8 Å². The predicted octanol–water partition coefficient (Wildman–Crippen LogP) is 1.95. The smallest absolute Gasteiger partial charge is 0.256 e. The lowest BCUT2D eigenvalue weighted by molar-refractivity contribution is 0.454. The molecule has 0 fully saturated rings. The van der Waals surface area contributed by atoms with Crippen LogP contribution in [0, 0.1) is 12.3 Å². The number of thioether (sulfide) groups is 1. The van der Waals surface area contributed by atoms with Gasteiger partial charge in [0, 0.05) is 11.9 Å². The molecule has 0 aliphatic rings. The van der Waals surface area contributed by atoms with Crippen molar-refractivity contribution < 1.29 is 4.42 Å². The standard InChI is InChI=1S/C11H12N4OS/c1-7-5-16-11(15-7)17-6-8-3-2-4-14-9(8)10(12)13/h2-5H,6H2,1H3,(H3,12,13). The summed E-state index contributed by atoms with van der Waals surface area (Å²) in [6.45, 7) is 1.87. The van der Waals surface area contributed by atoms with Crippen molar-refractivity contribution in [2.24, 2.45) is 5.73 Å². The molecule has 0 atom stereocenters. The van der Waals surface area contributed by atoms with Crippen molar-refractivity contribution in [1.82, 2.24) is 9.97 Å². The quantitative estimate of drug-likeness (QED) is 0.490. The van der Waals surface area contributed by atoms with E-state index in [0.717, 1.165) is 11.3 Å². The van der Waals surface area contributed by atoms with Crippen LogP contribution in [0.4, 0.5) is 0 Å². The van der Waals surface area contributed by atoms with Crippen LogP contribution in [0.1, 0.15) is 17.0 Å². The van der Waals surface area contributed by atoms with Gasteiger partial charge in [0.1, 0.15) is 17.8 Å². The number of aryl methyl sites for hydroxylation is 1. The van der Waals surface area contributed by atoms with Gasteiger partial charge in [-0.05, 0) is 18.6 Å². The van der Waals surface area contributed by atoms with Crippen molar-refractivity contribution in [3.8, 4) is 0 Å². The first kappa shape index (κ1) is 11.7. The van der Waals surface area contributed by atoms with Crippen LogP contribution in [-0.4, -0.2) is 15.8 Å². The number of pyridine rings is 1. The van der Waals surface area contributed by atoms with Gasteiger partial charge in [0.25, 0.3) is 5.22 Å². The Balaban J connectivity index is 2.11. The summed E-state index contributed by atoms with van der Waals surface area (Å²) in [6.07, 6.45) is 3.23. The summed E-state index contributed by atoms with van der Waals surface area (Å²) in [6, 6.07) is 3.72. The molecule has 2 aromatic heterocycles. The van der Waals surface area contributed by atoms with Crippen molar-refractivity contribution in [3.63, 3.8) is 0 Å². The highest BCUT2D eigenvalue weighted by Crippen LogP contribution is 2.22. The Morgan fingerprint density at radius 1 is 1.59 bits per heavy atom. The van der Waals surface area contributed by atoms with Crippen LogP contribution in [0.15, 0.2) is 34.2 Å². The number of hydrogen-bond donors (Lipinski definition) is 2.